The lowest BCUT2D eigenvalue weighted by Gasteiger charge is -2.43. The zero-order valence-electron chi connectivity index (χ0n) is 23.2. The number of hydrogen-bond acceptors (Lipinski definition) is 6. The maximum atomic E-state index is 13.5. The normalized spacial score (nSPS) is 22.8. The van der Waals surface area contributed by atoms with Crippen LogP contribution in [0.15, 0.2) is 65.7 Å². The van der Waals surface area contributed by atoms with E-state index in [1.54, 1.807) is 35.4 Å². The Balaban J connectivity index is 1.20. The third-order valence-electron chi connectivity index (χ3n) is 8.73. The van der Waals surface area contributed by atoms with E-state index < -0.39 is 20.7 Å². The van der Waals surface area contributed by atoms with E-state index in [9.17, 15) is 22.8 Å². The van der Waals surface area contributed by atoms with Gasteiger partial charge in [0.25, 0.3) is 0 Å². The molecule has 3 aliphatic rings. The fourth-order valence-electron chi connectivity index (χ4n) is 6.46. The Hall–Kier alpha value is -4.05. The molecule has 1 spiro atoms. The van der Waals surface area contributed by atoms with Crippen molar-refractivity contribution in [2.45, 2.75) is 55.9 Å². The van der Waals surface area contributed by atoms with Crippen molar-refractivity contribution in [3.05, 3.63) is 83.0 Å². The molecule has 1 saturated heterocycles. The second kappa shape index (κ2) is 9.51. The number of nitrogens with zero attached hydrogens (tertiary/aromatic N) is 2. The van der Waals surface area contributed by atoms with Crippen molar-refractivity contribution in [1.82, 2.24) is 9.88 Å². The first kappa shape index (κ1) is 27.1. The molecule has 212 valence electrons. The van der Waals surface area contributed by atoms with Crippen molar-refractivity contribution in [1.29, 1.82) is 0 Å². The van der Waals surface area contributed by atoms with Crippen LogP contribution in [0.5, 0.6) is 0 Å². The molecule has 41 heavy (non-hydrogen) atoms. The van der Waals surface area contributed by atoms with Gasteiger partial charge in [0, 0.05) is 29.1 Å². The lowest BCUT2D eigenvalue weighted by atomic mass is 9.78. The van der Waals surface area contributed by atoms with Gasteiger partial charge in [0.15, 0.2) is 9.84 Å². The molecule has 2 N–H and O–H groups in total. The van der Waals surface area contributed by atoms with Crippen molar-refractivity contribution in [3.63, 3.8) is 0 Å². The number of rotatable bonds is 5. The first-order chi connectivity index (χ1) is 19.4. The van der Waals surface area contributed by atoms with Gasteiger partial charge in [0.2, 0.25) is 17.7 Å². The van der Waals surface area contributed by atoms with Crippen LogP contribution in [0.4, 0.5) is 11.5 Å². The molecule has 0 radical (unpaired) electrons. The average molecular weight is 573 g/mol. The Kier molecular flexibility index (Phi) is 6.29. The molecule has 10 heteroatoms. The highest BCUT2D eigenvalue weighted by Crippen LogP contribution is 2.47. The minimum atomic E-state index is -3.35. The minimum Gasteiger partial charge on any atom is -0.326 e. The summed E-state index contributed by atoms with van der Waals surface area (Å²) in [6.45, 7) is 3.63. The fourth-order valence-corrected chi connectivity index (χ4v) is 7.09. The van der Waals surface area contributed by atoms with Gasteiger partial charge in [-0.1, -0.05) is 38.1 Å². The van der Waals surface area contributed by atoms with Crippen LogP contribution in [0.1, 0.15) is 55.0 Å². The largest absolute Gasteiger partial charge is 0.326 e. The fraction of sp³-hybridized carbons (Fsp3) is 0.355. The highest BCUT2D eigenvalue weighted by Gasteiger charge is 2.51. The molecule has 2 aliphatic heterocycles. The monoisotopic (exact) mass is 572 g/mol. The Labute approximate surface area is 239 Å². The summed E-state index contributed by atoms with van der Waals surface area (Å²) in [5, 5.41) is 5.86. The van der Waals surface area contributed by atoms with Gasteiger partial charge in [-0.2, -0.15) is 0 Å². The molecule has 0 unspecified atom stereocenters. The summed E-state index contributed by atoms with van der Waals surface area (Å²) in [5.74, 6) is 0.101. The van der Waals surface area contributed by atoms with E-state index in [1.165, 1.54) is 0 Å². The molecule has 6 rings (SSSR count). The summed E-state index contributed by atoms with van der Waals surface area (Å²) in [4.78, 5) is 45.9. The van der Waals surface area contributed by atoms with Gasteiger partial charge in [-0.15, -0.1) is 0 Å². The Morgan fingerprint density at radius 1 is 1.07 bits per heavy atom. The number of sulfone groups is 1. The molecule has 2 aromatic carbocycles. The SMILES string of the molecule is CC1(C)CC[C@@H](c2ccc(S(C)(=O)=O)cc2)N(CC(=O)Nc2ccc3c(c2)C[C@@]2(C3)C(=O)Nc3ncccc32)C1=O. The summed E-state index contributed by atoms with van der Waals surface area (Å²) < 4.78 is 23.8. The van der Waals surface area contributed by atoms with Gasteiger partial charge in [-0.3, -0.25) is 14.4 Å². The van der Waals surface area contributed by atoms with Crippen LogP contribution in [0.3, 0.4) is 0 Å². The second-order valence-corrected chi connectivity index (χ2v) is 14.0. The van der Waals surface area contributed by atoms with E-state index in [0.29, 0.717) is 37.2 Å². The van der Waals surface area contributed by atoms with Crippen molar-refractivity contribution in [2.24, 2.45) is 5.41 Å². The molecule has 3 aromatic rings. The van der Waals surface area contributed by atoms with Crippen LogP contribution in [-0.4, -0.2) is 48.8 Å². The summed E-state index contributed by atoms with van der Waals surface area (Å²) >= 11 is 0. The van der Waals surface area contributed by atoms with Crippen LogP contribution in [-0.2, 0) is 42.5 Å². The molecule has 3 amide bonds. The average Bonchev–Trinajstić information content (AvgIpc) is 3.43. The highest BCUT2D eigenvalue weighted by atomic mass is 32.2. The van der Waals surface area contributed by atoms with Crippen molar-refractivity contribution < 1.29 is 22.8 Å². The molecule has 2 atom stereocenters. The molecule has 1 fully saturated rings. The molecule has 3 heterocycles. The maximum Gasteiger partial charge on any atom is 0.244 e. The third kappa shape index (κ3) is 4.69. The number of likely N-dealkylation sites (tertiary alicyclic amines) is 1. The predicted molar refractivity (Wildman–Crippen MR) is 154 cm³/mol. The second-order valence-electron chi connectivity index (χ2n) is 12.0. The zero-order valence-corrected chi connectivity index (χ0v) is 24.0. The number of hydrogen-bond donors (Lipinski definition) is 2. The van der Waals surface area contributed by atoms with E-state index in [-0.39, 0.29) is 35.2 Å². The lowest BCUT2D eigenvalue weighted by Crippen LogP contribution is -2.50. The predicted octanol–water partition coefficient (Wildman–Crippen LogP) is 3.80. The number of anilines is 2. The summed E-state index contributed by atoms with van der Waals surface area (Å²) in [6.07, 6.45) is 5.21. The smallest absolute Gasteiger partial charge is 0.244 e. The van der Waals surface area contributed by atoms with Gasteiger partial charge in [0.05, 0.1) is 16.4 Å². The number of carbonyl (C=O) groups excluding carboxylic acids is 3. The van der Waals surface area contributed by atoms with Gasteiger partial charge < -0.3 is 15.5 Å². The van der Waals surface area contributed by atoms with Crippen LogP contribution in [0, 0.1) is 5.41 Å². The van der Waals surface area contributed by atoms with Crippen molar-refractivity contribution >= 4 is 39.1 Å². The molecule has 0 saturated carbocycles. The van der Waals surface area contributed by atoms with Gasteiger partial charge in [0.1, 0.15) is 12.4 Å². The number of pyridine rings is 1. The summed E-state index contributed by atoms with van der Waals surface area (Å²) in [6, 6.07) is 15.7. The lowest BCUT2D eigenvalue weighted by molar-refractivity contribution is -0.150. The number of piperidine rings is 1. The number of fused-ring (bicyclic) bond motifs is 3. The van der Waals surface area contributed by atoms with E-state index in [0.717, 1.165) is 28.5 Å². The number of carbonyl (C=O) groups is 3. The van der Waals surface area contributed by atoms with Gasteiger partial charge in [-0.25, -0.2) is 13.4 Å². The molecule has 0 bridgehead atoms. The molecular weight excluding hydrogens is 540 g/mol. The summed E-state index contributed by atoms with van der Waals surface area (Å²) in [7, 11) is -3.35. The summed E-state index contributed by atoms with van der Waals surface area (Å²) in [5.41, 5.74) is 3.04. The van der Waals surface area contributed by atoms with Crippen LogP contribution in [0.2, 0.25) is 0 Å². The Morgan fingerprint density at radius 2 is 1.80 bits per heavy atom. The minimum absolute atomic E-state index is 0.0604. The number of amides is 3. The maximum absolute atomic E-state index is 13.5. The first-order valence-corrected chi connectivity index (χ1v) is 15.6. The van der Waals surface area contributed by atoms with Crippen molar-refractivity contribution in [3.8, 4) is 0 Å². The van der Waals surface area contributed by atoms with E-state index in [2.05, 4.69) is 15.6 Å². The Bertz CT molecular complexity index is 1700. The first-order valence-electron chi connectivity index (χ1n) is 13.7. The highest BCUT2D eigenvalue weighted by molar-refractivity contribution is 7.90. The standard InChI is InChI=1S/C31H32N4O5S/c1-30(2)13-12-25(19-7-10-23(11-8-19)41(3,39)40)35(29(30)38)18-26(36)33-22-9-6-20-16-31(17-21(20)15-22)24-5-4-14-32-27(24)34-28(31)37/h4-11,14-15,25H,12-13,16-18H2,1-3H3,(H,33,36)(H,32,34,37)/t25-,31+/m0/s1. The molecule has 9 nitrogen and oxygen atoms in total. The molecule has 1 aliphatic carbocycles. The van der Waals surface area contributed by atoms with E-state index >= 15 is 0 Å². The third-order valence-corrected chi connectivity index (χ3v) is 9.86. The van der Waals surface area contributed by atoms with E-state index in [1.807, 2.05) is 44.2 Å². The number of aromatic nitrogens is 1. The van der Waals surface area contributed by atoms with Gasteiger partial charge in [-0.05, 0) is 72.7 Å². The van der Waals surface area contributed by atoms with Gasteiger partial charge >= 0.3 is 0 Å². The van der Waals surface area contributed by atoms with E-state index in [4.69, 9.17) is 0 Å². The van der Waals surface area contributed by atoms with Crippen LogP contribution in [0.25, 0.3) is 0 Å². The van der Waals surface area contributed by atoms with Crippen molar-refractivity contribution in [2.75, 3.05) is 23.4 Å². The number of benzene rings is 2. The van der Waals surface area contributed by atoms with Crippen LogP contribution < -0.4 is 10.6 Å². The molecule has 1 aromatic heterocycles. The zero-order chi connectivity index (χ0) is 29.2. The Morgan fingerprint density at radius 3 is 2.54 bits per heavy atom. The number of nitrogens with one attached hydrogen (secondary N) is 2. The molecular formula is C31H32N4O5S. The quantitative estimate of drug-likeness (QED) is 0.479. The van der Waals surface area contributed by atoms with Crippen LogP contribution >= 0.6 is 0 Å². The topological polar surface area (TPSA) is 126 Å².